The van der Waals surface area contributed by atoms with Gasteiger partial charge in [0.15, 0.2) is 0 Å². The first-order chi connectivity index (χ1) is 7.04. The highest BCUT2D eigenvalue weighted by Crippen LogP contribution is 2.23. The lowest BCUT2D eigenvalue weighted by atomic mass is 9.90. The molecule has 0 aliphatic carbocycles. The van der Waals surface area contributed by atoms with Crippen molar-refractivity contribution in [3.8, 4) is 0 Å². The van der Waals surface area contributed by atoms with Crippen molar-refractivity contribution in [2.75, 3.05) is 19.6 Å². The van der Waals surface area contributed by atoms with Crippen LogP contribution in [0.15, 0.2) is 0 Å². The van der Waals surface area contributed by atoms with Crippen LogP contribution in [0.3, 0.4) is 0 Å². The van der Waals surface area contributed by atoms with E-state index in [1.165, 1.54) is 25.9 Å². The Morgan fingerprint density at radius 3 is 2.47 bits per heavy atom. The first-order valence-electron chi connectivity index (χ1n) is 6.48. The summed E-state index contributed by atoms with van der Waals surface area (Å²) in [6.07, 6.45) is 2.75. The Kier molecular flexibility index (Phi) is 5.07. The van der Waals surface area contributed by atoms with Crippen molar-refractivity contribution in [1.82, 2.24) is 4.90 Å². The van der Waals surface area contributed by atoms with E-state index in [0.717, 1.165) is 18.5 Å². The Hall–Kier alpha value is -0.0800. The van der Waals surface area contributed by atoms with Gasteiger partial charge in [-0.05, 0) is 44.1 Å². The van der Waals surface area contributed by atoms with Crippen LogP contribution in [0.5, 0.6) is 0 Å². The van der Waals surface area contributed by atoms with Crippen LogP contribution in [0.1, 0.15) is 40.5 Å². The van der Waals surface area contributed by atoms with E-state index in [9.17, 15) is 0 Å². The van der Waals surface area contributed by atoms with E-state index in [2.05, 4.69) is 32.6 Å². The monoisotopic (exact) mass is 212 g/mol. The Balaban J connectivity index is 2.47. The van der Waals surface area contributed by atoms with E-state index in [0.29, 0.717) is 11.8 Å². The zero-order chi connectivity index (χ0) is 11.4. The van der Waals surface area contributed by atoms with Crippen molar-refractivity contribution in [3.05, 3.63) is 0 Å². The van der Waals surface area contributed by atoms with Gasteiger partial charge in [0.1, 0.15) is 0 Å². The third kappa shape index (κ3) is 3.76. The van der Waals surface area contributed by atoms with Crippen LogP contribution in [0, 0.1) is 17.8 Å². The van der Waals surface area contributed by atoms with Crippen molar-refractivity contribution in [2.45, 2.75) is 46.6 Å². The number of nitrogens with zero attached hydrogens (tertiary/aromatic N) is 1. The van der Waals surface area contributed by atoms with Crippen molar-refractivity contribution < 1.29 is 0 Å². The fourth-order valence-electron chi connectivity index (χ4n) is 2.49. The highest BCUT2D eigenvalue weighted by atomic mass is 15.2. The highest BCUT2D eigenvalue weighted by Gasteiger charge is 2.25. The summed E-state index contributed by atoms with van der Waals surface area (Å²) < 4.78 is 0. The van der Waals surface area contributed by atoms with Crippen molar-refractivity contribution in [3.63, 3.8) is 0 Å². The SMILES string of the molecule is CC1CCC(C)N(CC(CN)C(C)C)C1. The van der Waals surface area contributed by atoms with Gasteiger partial charge in [-0.1, -0.05) is 20.8 Å². The van der Waals surface area contributed by atoms with Crippen molar-refractivity contribution in [2.24, 2.45) is 23.5 Å². The van der Waals surface area contributed by atoms with Gasteiger partial charge in [-0.3, -0.25) is 0 Å². The summed E-state index contributed by atoms with van der Waals surface area (Å²) in [5, 5.41) is 0. The fraction of sp³-hybridized carbons (Fsp3) is 1.00. The minimum absolute atomic E-state index is 0.665. The predicted octanol–water partition coefficient (Wildman–Crippen LogP) is 2.34. The summed E-state index contributed by atoms with van der Waals surface area (Å²) in [5.41, 5.74) is 5.84. The van der Waals surface area contributed by atoms with Gasteiger partial charge in [0.25, 0.3) is 0 Å². The van der Waals surface area contributed by atoms with Gasteiger partial charge in [-0.25, -0.2) is 0 Å². The normalized spacial score (nSPS) is 30.8. The van der Waals surface area contributed by atoms with Crippen molar-refractivity contribution >= 4 is 0 Å². The molecular weight excluding hydrogens is 184 g/mol. The molecular formula is C13H28N2. The van der Waals surface area contributed by atoms with Gasteiger partial charge >= 0.3 is 0 Å². The molecule has 1 saturated heterocycles. The van der Waals surface area contributed by atoms with Gasteiger partial charge in [-0.15, -0.1) is 0 Å². The summed E-state index contributed by atoms with van der Waals surface area (Å²) in [4.78, 5) is 2.64. The summed E-state index contributed by atoms with van der Waals surface area (Å²) in [6.45, 7) is 12.6. The number of likely N-dealkylation sites (tertiary alicyclic amines) is 1. The molecule has 0 amide bonds. The molecule has 15 heavy (non-hydrogen) atoms. The molecule has 0 spiro atoms. The standard InChI is InChI=1S/C13H28N2/c1-10(2)13(7-14)9-15-8-11(3)5-6-12(15)4/h10-13H,5-9,14H2,1-4H3. The molecule has 1 aliphatic rings. The molecule has 90 valence electrons. The number of nitrogens with two attached hydrogens (primary N) is 1. The molecule has 3 atom stereocenters. The number of rotatable bonds is 4. The average molecular weight is 212 g/mol. The van der Waals surface area contributed by atoms with Gasteiger partial charge in [-0.2, -0.15) is 0 Å². The molecule has 2 N–H and O–H groups in total. The van der Waals surface area contributed by atoms with Crippen LogP contribution in [-0.4, -0.2) is 30.6 Å². The lowest BCUT2D eigenvalue weighted by Gasteiger charge is -2.39. The van der Waals surface area contributed by atoms with E-state index >= 15 is 0 Å². The summed E-state index contributed by atoms with van der Waals surface area (Å²) in [6, 6.07) is 0.758. The van der Waals surface area contributed by atoms with Crippen LogP contribution in [-0.2, 0) is 0 Å². The van der Waals surface area contributed by atoms with Gasteiger partial charge in [0.05, 0.1) is 0 Å². The van der Waals surface area contributed by atoms with E-state index in [4.69, 9.17) is 5.73 Å². The van der Waals surface area contributed by atoms with Crippen LogP contribution >= 0.6 is 0 Å². The largest absolute Gasteiger partial charge is 0.330 e. The Bertz CT molecular complexity index is 179. The van der Waals surface area contributed by atoms with E-state index in [1.807, 2.05) is 0 Å². The van der Waals surface area contributed by atoms with Gasteiger partial charge in [0.2, 0.25) is 0 Å². The Labute approximate surface area is 95.2 Å². The van der Waals surface area contributed by atoms with E-state index < -0.39 is 0 Å². The molecule has 2 nitrogen and oxygen atoms in total. The molecule has 1 fully saturated rings. The summed E-state index contributed by atoms with van der Waals surface area (Å²) in [5.74, 6) is 2.24. The van der Waals surface area contributed by atoms with Crippen LogP contribution in [0.25, 0.3) is 0 Å². The zero-order valence-corrected chi connectivity index (χ0v) is 10.9. The van der Waals surface area contributed by atoms with E-state index in [1.54, 1.807) is 0 Å². The molecule has 1 aliphatic heterocycles. The van der Waals surface area contributed by atoms with E-state index in [-0.39, 0.29) is 0 Å². The lowest BCUT2D eigenvalue weighted by Crippen LogP contribution is -2.45. The number of piperidine rings is 1. The molecule has 0 aromatic rings. The molecule has 1 rings (SSSR count). The second-order valence-electron chi connectivity index (χ2n) is 5.73. The first-order valence-corrected chi connectivity index (χ1v) is 6.48. The topological polar surface area (TPSA) is 29.3 Å². The molecule has 1 heterocycles. The van der Waals surface area contributed by atoms with Crippen LogP contribution in [0.4, 0.5) is 0 Å². The maximum Gasteiger partial charge on any atom is 0.00672 e. The fourth-order valence-corrected chi connectivity index (χ4v) is 2.49. The summed E-state index contributed by atoms with van der Waals surface area (Å²) in [7, 11) is 0. The minimum atomic E-state index is 0.665. The molecule has 0 aromatic carbocycles. The van der Waals surface area contributed by atoms with Crippen LogP contribution in [0.2, 0.25) is 0 Å². The van der Waals surface area contributed by atoms with Crippen molar-refractivity contribution in [1.29, 1.82) is 0 Å². The predicted molar refractivity (Wildman–Crippen MR) is 66.8 cm³/mol. The third-order valence-electron chi connectivity index (χ3n) is 3.96. The molecule has 3 unspecified atom stereocenters. The van der Waals surface area contributed by atoms with Gasteiger partial charge in [0, 0.05) is 19.1 Å². The molecule has 0 aromatic heterocycles. The minimum Gasteiger partial charge on any atom is -0.330 e. The third-order valence-corrected chi connectivity index (χ3v) is 3.96. The number of hydrogen-bond donors (Lipinski definition) is 1. The van der Waals surface area contributed by atoms with Crippen LogP contribution < -0.4 is 5.73 Å². The maximum absolute atomic E-state index is 5.84. The second-order valence-corrected chi connectivity index (χ2v) is 5.73. The highest BCUT2D eigenvalue weighted by molar-refractivity contribution is 4.80. The zero-order valence-electron chi connectivity index (χ0n) is 10.9. The van der Waals surface area contributed by atoms with Gasteiger partial charge < -0.3 is 10.6 Å². The quantitative estimate of drug-likeness (QED) is 0.775. The first kappa shape index (κ1) is 13.0. The smallest absolute Gasteiger partial charge is 0.00672 e. The average Bonchev–Trinajstić information content (AvgIpc) is 2.18. The molecule has 2 heteroatoms. The lowest BCUT2D eigenvalue weighted by molar-refractivity contribution is 0.0960. The Morgan fingerprint density at radius 1 is 1.27 bits per heavy atom. The molecule has 0 radical (unpaired) electrons. The molecule has 0 bridgehead atoms. The number of hydrogen-bond acceptors (Lipinski definition) is 2. The maximum atomic E-state index is 5.84. The second kappa shape index (κ2) is 5.86. The molecule has 0 saturated carbocycles. The Morgan fingerprint density at radius 2 is 1.93 bits per heavy atom. The summed E-state index contributed by atoms with van der Waals surface area (Å²) >= 11 is 0.